The molecule has 3 aliphatic heterocycles. The Hall–Kier alpha value is -2.71. The van der Waals surface area contributed by atoms with Gasteiger partial charge in [0.05, 0.1) is 24.0 Å². The number of hydrogen-bond acceptors (Lipinski definition) is 5. The number of likely N-dealkylation sites (tertiary alicyclic amines) is 1. The number of rotatable bonds is 10. The summed E-state index contributed by atoms with van der Waals surface area (Å²) in [4.78, 5) is 43.1. The van der Waals surface area contributed by atoms with Crippen molar-refractivity contribution in [2.45, 2.75) is 102 Å². The van der Waals surface area contributed by atoms with E-state index < -0.39 is 29.6 Å². The highest BCUT2D eigenvalue weighted by Crippen LogP contribution is 2.55. The number of nitrogens with one attached hydrogen (secondary N) is 2. The highest BCUT2D eigenvalue weighted by atomic mass is 16.5. The fourth-order valence-corrected chi connectivity index (χ4v) is 6.77. The quantitative estimate of drug-likeness (QED) is 0.345. The fourth-order valence-electron chi connectivity index (χ4n) is 6.77. The molecule has 1 aromatic rings. The monoisotopic (exact) mass is 537 g/mol. The average molecular weight is 538 g/mol. The lowest BCUT2D eigenvalue weighted by molar-refractivity contribution is -0.141. The van der Waals surface area contributed by atoms with E-state index in [9.17, 15) is 14.4 Å². The Morgan fingerprint density at radius 3 is 2.46 bits per heavy atom. The number of ether oxygens (including phenoxy) is 2. The Bertz CT molecular complexity index is 1090. The van der Waals surface area contributed by atoms with E-state index in [0.29, 0.717) is 31.2 Å². The lowest BCUT2D eigenvalue weighted by Crippen LogP contribution is -2.56. The van der Waals surface area contributed by atoms with Gasteiger partial charge in [0, 0.05) is 24.9 Å². The van der Waals surface area contributed by atoms with Crippen LogP contribution in [0, 0.1) is 11.8 Å². The Balaban J connectivity index is 1.37. The molecule has 2 N–H and O–H groups in total. The second-order valence-corrected chi connectivity index (χ2v) is 12.1. The standard InChI is InChI=1S/C31H43N3O5/c1-19(2)21-11-13-23(14-12-21)32-28(35)25-24-15-16-31(39-24)26(25)30(37)34(17-8-18-38-20(3)4)27(31)29(36)33-22-9-6-5-7-10-22/h11-16,19-20,22,24-27H,5-10,17-18H2,1-4H3,(H,32,35)(H,33,36)/t24-,25+,26-,27-,31-/m0/s1. The molecule has 3 amide bonds. The molecular weight excluding hydrogens is 494 g/mol. The van der Waals surface area contributed by atoms with Crippen LogP contribution in [0.2, 0.25) is 0 Å². The zero-order chi connectivity index (χ0) is 27.7. The second kappa shape index (κ2) is 11.4. The molecule has 3 fully saturated rings. The van der Waals surface area contributed by atoms with Crippen molar-refractivity contribution in [3.8, 4) is 0 Å². The van der Waals surface area contributed by atoms with Gasteiger partial charge >= 0.3 is 0 Å². The summed E-state index contributed by atoms with van der Waals surface area (Å²) in [5.41, 5.74) is 0.737. The largest absolute Gasteiger partial charge is 0.379 e. The van der Waals surface area contributed by atoms with Crippen LogP contribution in [0.25, 0.3) is 0 Å². The first-order valence-corrected chi connectivity index (χ1v) is 14.7. The van der Waals surface area contributed by atoms with E-state index in [2.05, 4.69) is 24.5 Å². The molecular formula is C31H43N3O5. The number of carbonyl (C=O) groups is 3. The van der Waals surface area contributed by atoms with Crippen LogP contribution < -0.4 is 10.6 Å². The van der Waals surface area contributed by atoms with Crippen molar-refractivity contribution >= 4 is 23.4 Å². The molecule has 0 aromatic heterocycles. The van der Waals surface area contributed by atoms with Gasteiger partial charge in [-0.15, -0.1) is 0 Å². The molecule has 2 bridgehead atoms. The van der Waals surface area contributed by atoms with E-state index >= 15 is 0 Å². The van der Waals surface area contributed by atoms with Crippen LogP contribution in [-0.2, 0) is 23.9 Å². The molecule has 0 unspecified atom stereocenters. The number of benzene rings is 1. The van der Waals surface area contributed by atoms with Crippen molar-refractivity contribution in [1.29, 1.82) is 0 Å². The maximum atomic E-state index is 14.0. The van der Waals surface area contributed by atoms with Gasteiger partial charge in [0.25, 0.3) is 0 Å². The summed E-state index contributed by atoms with van der Waals surface area (Å²) in [7, 11) is 0. The summed E-state index contributed by atoms with van der Waals surface area (Å²) >= 11 is 0. The Morgan fingerprint density at radius 2 is 1.79 bits per heavy atom. The molecule has 1 aromatic carbocycles. The number of nitrogens with zero attached hydrogens (tertiary/aromatic N) is 1. The van der Waals surface area contributed by atoms with Crippen molar-refractivity contribution in [3.63, 3.8) is 0 Å². The predicted molar refractivity (Wildman–Crippen MR) is 149 cm³/mol. The van der Waals surface area contributed by atoms with Crippen molar-refractivity contribution < 1.29 is 23.9 Å². The van der Waals surface area contributed by atoms with Crippen molar-refractivity contribution in [3.05, 3.63) is 42.0 Å². The number of fused-ring (bicyclic) bond motifs is 1. The first-order chi connectivity index (χ1) is 18.7. The third-order valence-corrected chi connectivity index (χ3v) is 8.72. The van der Waals surface area contributed by atoms with Crippen LogP contribution in [0.1, 0.15) is 77.7 Å². The van der Waals surface area contributed by atoms with Gasteiger partial charge in [-0.2, -0.15) is 0 Å². The smallest absolute Gasteiger partial charge is 0.246 e. The molecule has 212 valence electrons. The molecule has 5 atom stereocenters. The second-order valence-electron chi connectivity index (χ2n) is 12.1. The van der Waals surface area contributed by atoms with Crippen LogP contribution in [0.5, 0.6) is 0 Å². The van der Waals surface area contributed by atoms with Gasteiger partial charge in [-0.05, 0) is 56.7 Å². The molecule has 4 aliphatic rings. The van der Waals surface area contributed by atoms with Gasteiger partial charge in [-0.3, -0.25) is 14.4 Å². The highest BCUT2D eigenvalue weighted by Gasteiger charge is 2.72. The molecule has 2 saturated heterocycles. The fraction of sp³-hybridized carbons (Fsp3) is 0.645. The maximum Gasteiger partial charge on any atom is 0.246 e. The minimum absolute atomic E-state index is 0.0900. The van der Waals surface area contributed by atoms with Gasteiger partial charge in [-0.1, -0.05) is 57.4 Å². The molecule has 5 rings (SSSR count). The molecule has 8 nitrogen and oxygen atoms in total. The molecule has 1 saturated carbocycles. The topological polar surface area (TPSA) is 97.0 Å². The number of amides is 3. The Labute approximate surface area is 231 Å². The molecule has 1 spiro atoms. The molecule has 8 heteroatoms. The minimum atomic E-state index is -1.14. The summed E-state index contributed by atoms with van der Waals surface area (Å²) in [6, 6.07) is 7.10. The van der Waals surface area contributed by atoms with Crippen LogP contribution in [0.4, 0.5) is 5.69 Å². The third kappa shape index (κ3) is 5.38. The van der Waals surface area contributed by atoms with E-state index in [1.54, 1.807) is 4.90 Å². The van der Waals surface area contributed by atoms with Gasteiger partial charge in [0.1, 0.15) is 11.6 Å². The Kier molecular flexibility index (Phi) is 8.15. The minimum Gasteiger partial charge on any atom is -0.379 e. The van der Waals surface area contributed by atoms with Crippen LogP contribution in [-0.4, -0.2) is 65.7 Å². The first kappa shape index (κ1) is 27.8. The van der Waals surface area contributed by atoms with Crippen LogP contribution in [0.3, 0.4) is 0 Å². The summed E-state index contributed by atoms with van der Waals surface area (Å²) in [6.45, 7) is 9.06. The van der Waals surface area contributed by atoms with Gasteiger partial charge < -0.3 is 25.0 Å². The SMILES string of the molecule is CC(C)OCCCN1C(=O)[C@@H]2[C@H](C(=O)Nc3ccc(C(C)C)cc3)[C@@H]3C=C[C@@]2(O3)[C@@H]1C(=O)NC1CCCCC1. The summed E-state index contributed by atoms with van der Waals surface area (Å²) in [5, 5.41) is 6.24. The lowest BCUT2D eigenvalue weighted by atomic mass is 9.74. The normalized spacial score (nSPS) is 29.9. The average Bonchev–Trinajstić information content (AvgIpc) is 3.54. The van der Waals surface area contributed by atoms with Crippen LogP contribution >= 0.6 is 0 Å². The maximum absolute atomic E-state index is 14.0. The van der Waals surface area contributed by atoms with E-state index in [0.717, 1.165) is 25.7 Å². The van der Waals surface area contributed by atoms with Crippen molar-refractivity contribution in [2.75, 3.05) is 18.5 Å². The predicted octanol–water partition coefficient (Wildman–Crippen LogP) is 4.16. The number of anilines is 1. The zero-order valence-electron chi connectivity index (χ0n) is 23.7. The Morgan fingerprint density at radius 1 is 1.08 bits per heavy atom. The number of carbonyl (C=O) groups excluding carboxylic acids is 3. The van der Waals surface area contributed by atoms with E-state index in [1.807, 2.05) is 50.3 Å². The van der Waals surface area contributed by atoms with E-state index in [1.165, 1.54) is 12.0 Å². The van der Waals surface area contributed by atoms with Gasteiger partial charge in [0.2, 0.25) is 17.7 Å². The zero-order valence-corrected chi connectivity index (χ0v) is 23.7. The summed E-state index contributed by atoms with van der Waals surface area (Å²) < 4.78 is 12.2. The first-order valence-electron chi connectivity index (χ1n) is 14.7. The van der Waals surface area contributed by atoms with Crippen molar-refractivity contribution in [1.82, 2.24) is 10.2 Å². The van der Waals surface area contributed by atoms with E-state index in [-0.39, 0.29) is 29.9 Å². The molecule has 1 aliphatic carbocycles. The summed E-state index contributed by atoms with van der Waals surface area (Å²) in [6.07, 6.45) is 9.17. The number of hydrogen-bond donors (Lipinski definition) is 2. The third-order valence-electron chi connectivity index (χ3n) is 8.72. The van der Waals surface area contributed by atoms with Gasteiger partial charge in [0.15, 0.2) is 0 Å². The van der Waals surface area contributed by atoms with Gasteiger partial charge in [-0.25, -0.2) is 0 Å². The molecule has 0 radical (unpaired) electrons. The highest BCUT2D eigenvalue weighted by molar-refractivity contribution is 6.02. The van der Waals surface area contributed by atoms with E-state index in [4.69, 9.17) is 9.47 Å². The molecule has 3 heterocycles. The van der Waals surface area contributed by atoms with Crippen molar-refractivity contribution in [2.24, 2.45) is 11.8 Å². The summed E-state index contributed by atoms with van der Waals surface area (Å²) in [5.74, 6) is -1.67. The van der Waals surface area contributed by atoms with Crippen LogP contribution in [0.15, 0.2) is 36.4 Å². The molecule has 39 heavy (non-hydrogen) atoms. The lowest BCUT2D eigenvalue weighted by Gasteiger charge is -2.34.